The number of aryl methyl sites for hydroxylation is 2. The van der Waals surface area contributed by atoms with Crippen molar-refractivity contribution in [2.45, 2.75) is 38.8 Å². The second-order valence-electron chi connectivity index (χ2n) is 5.35. The molecule has 0 fully saturated rings. The van der Waals surface area contributed by atoms with Crippen molar-refractivity contribution >= 4 is 9.24 Å². The second-order valence-corrected chi connectivity index (χ2v) is 6.34. The van der Waals surface area contributed by atoms with E-state index in [1.54, 1.807) is 0 Å². The van der Waals surface area contributed by atoms with Gasteiger partial charge >= 0.3 is 0 Å². The van der Waals surface area contributed by atoms with Crippen LogP contribution in [0.5, 0.6) is 0 Å². The van der Waals surface area contributed by atoms with Crippen LogP contribution in [-0.2, 0) is 5.16 Å². The molecule has 2 aromatic rings. The number of benzene rings is 2. The third kappa shape index (κ3) is 2.74. The van der Waals surface area contributed by atoms with Gasteiger partial charge < -0.3 is 0 Å². The monoisotopic (exact) mass is 270 g/mol. The van der Waals surface area contributed by atoms with Gasteiger partial charge in [-0.15, -0.1) is 9.24 Å². The van der Waals surface area contributed by atoms with Gasteiger partial charge in [-0.2, -0.15) is 0 Å². The molecule has 0 nitrogen and oxygen atoms in total. The molecule has 1 atom stereocenters. The van der Waals surface area contributed by atoms with E-state index in [0.717, 1.165) is 6.42 Å². The highest BCUT2D eigenvalue weighted by molar-refractivity contribution is 7.19. The van der Waals surface area contributed by atoms with Crippen molar-refractivity contribution in [3.63, 3.8) is 0 Å². The Labute approximate surface area is 119 Å². The van der Waals surface area contributed by atoms with Crippen LogP contribution < -0.4 is 0 Å². The average Bonchev–Trinajstić information content (AvgIpc) is 2.39. The highest BCUT2D eigenvalue weighted by atomic mass is 31.0. The molecule has 0 aliphatic rings. The third-order valence-electron chi connectivity index (χ3n) is 3.90. The Hall–Kier alpha value is -1.13. The number of hydrogen-bond donors (Lipinski definition) is 0. The van der Waals surface area contributed by atoms with Gasteiger partial charge in [0.1, 0.15) is 0 Å². The molecule has 19 heavy (non-hydrogen) atoms. The highest BCUT2D eigenvalue weighted by Gasteiger charge is 2.30. The zero-order valence-electron chi connectivity index (χ0n) is 12.1. The Balaban J connectivity index is 2.62. The molecule has 0 aliphatic heterocycles. The predicted molar refractivity (Wildman–Crippen MR) is 87.8 cm³/mol. The van der Waals surface area contributed by atoms with E-state index in [4.69, 9.17) is 0 Å². The minimum Gasteiger partial charge on any atom is -0.122 e. The molecule has 2 aromatic carbocycles. The molecule has 0 aromatic heterocycles. The van der Waals surface area contributed by atoms with Gasteiger partial charge in [0.05, 0.1) is 0 Å². The molecule has 1 unspecified atom stereocenters. The standard InChI is InChI=1S/C18H23P/c1-4-13-18(19,16-11-7-5-9-14(16)2)17-12-8-6-10-15(17)3/h5-12H,4,13,19H2,1-3H3. The van der Waals surface area contributed by atoms with E-state index in [1.165, 1.54) is 28.7 Å². The van der Waals surface area contributed by atoms with Gasteiger partial charge in [0.2, 0.25) is 0 Å². The molecule has 0 aliphatic carbocycles. The fourth-order valence-electron chi connectivity index (χ4n) is 2.96. The summed E-state index contributed by atoms with van der Waals surface area (Å²) >= 11 is 0. The summed E-state index contributed by atoms with van der Waals surface area (Å²) in [6, 6.07) is 17.5. The summed E-state index contributed by atoms with van der Waals surface area (Å²) in [4.78, 5) is 0. The second kappa shape index (κ2) is 5.88. The Morgan fingerprint density at radius 2 is 1.26 bits per heavy atom. The van der Waals surface area contributed by atoms with Crippen molar-refractivity contribution in [3.8, 4) is 0 Å². The molecular formula is C18H23P. The normalized spacial score (nSPS) is 11.6. The van der Waals surface area contributed by atoms with Crippen LogP contribution in [0.3, 0.4) is 0 Å². The molecular weight excluding hydrogens is 247 g/mol. The van der Waals surface area contributed by atoms with Crippen LogP contribution in [0.4, 0.5) is 0 Å². The lowest BCUT2D eigenvalue weighted by Gasteiger charge is -2.33. The van der Waals surface area contributed by atoms with Crippen LogP contribution in [-0.4, -0.2) is 0 Å². The lowest BCUT2D eigenvalue weighted by atomic mass is 9.82. The van der Waals surface area contributed by atoms with E-state index in [2.05, 4.69) is 78.5 Å². The average molecular weight is 270 g/mol. The first-order valence-corrected chi connectivity index (χ1v) is 7.58. The summed E-state index contributed by atoms with van der Waals surface area (Å²) in [5.41, 5.74) is 5.59. The van der Waals surface area contributed by atoms with Crippen molar-refractivity contribution in [1.82, 2.24) is 0 Å². The molecule has 0 radical (unpaired) electrons. The third-order valence-corrected chi connectivity index (χ3v) is 4.81. The Morgan fingerprint density at radius 1 is 0.842 bits per heavy atom. The molecule has 100 valence electrons. The van der Waals surface area contributed by atoms with Gasteiger partial charge in [-0.1, -0.05) is 61.9 Å². The van der Waals surface area contributed by atoms with E-state index >= 15 is 0 Å². The van der Waals surface area contributed by atoms with Crippen LogP contribution in [0.15, 0.2) is 48.5 Å². The Bertz CT molecular complexity index is 512. The molecule has 2 rings (SSSR count). The summed E-state index contributed by atoms with van der Waals surface area (Å²) < 4.78 is 0. The van der Waals surface area contributed by atoms with E-state index < -0.39 is 0 Å². The van der Waals surface area contributed by atoms with Crippen molar-refractivity contribution in [2.75, 3.05) is 0 Å². The molecule has 0 N–H and O–H groups in total. The van der Waals surface area contributed by atoms with Gasteiger partial charge in [0.25, 0.3) is 0 Å². The predicted octanol–water partition coefficient (Wildman–Crippen LogP) is 5.22. The molecule has 0 spiro atoms. The van der Waals surface area contributed by atoms with E-state index in [-0.39, 0.29) is 5.16 Å². The first kappa shape index (κ1) is 14.3. The minimum atomic E-state index is 0.0332. The summed E-state index contributed by atoms with van der Waals surface area (Å²) in [6.45, 7) is 6.68. The summed E-state index contributed by atoms with van der Waals surface area (Å²) in [5, 5.41) is 0.0332. The lowest BCUT2D eigenvalue weighted by Crippen LogP contribution is -2.22. The Morgan fingerprint density at radius 3 is 1.63 bits per heavy atom. The van der Waals surface area contributed by atoms with Crippen LogP contribution in [0.25, 0.3) is 0 Å². The number of hydrogen-bond acceptors (Lipinski definition) is 0. The van der Waals surface area contributed by atoms with Crippen LogP contribution >= 0.6 is 9.24 Å². The highest BCUT2D eigenvalue weighted by Crippen LogP contribution is 2.45. The quantitative estimate of drug-likeness (QED) is 0.668. The first-order valence-electron chi connectivity index (χ1n) is 7.00. The molecule has 0 bridgehead atoms. The van der Waals surface area contributed by atoms with E-state index in [0.29, 0.717) is 0 Å². The maximum atomic E-state index is 3.13. The van der Waals surface area contributed by atoms with Crippen molar-refractivity contribution in [1.29, 1.82) is 0 Å². The zero-order chi connectivity index (χ0) is 13.9. The maximum Gasteiger partial charge on any atom is 0.0349 e. The summed E-state index contributed by atoms with van der Waals surface area (Å²) in [7, 11) is 3.13. The van der Waals surface area contributed by atoms with Crippen molar-refractivity contribution in [2.24, 2.45) is 0 Å². The summed E-state index contributed by atoms with van der Waals surface area (Å²) in [5.74, 6) is 0. The maximum absolute atomic E-state index is 3.13. The van der Waals surface area contributed by atoms with Gasteiger partial charge in [0.15, 0.2) is 0 Å². The molecule has 1 heteroatoms. The first-order chi connectivity index (χ1) is 9.09. The summed E-state index contributed by atoms with van der Waals surface area (Å²) in [6.07, 6.45) is 2.32. The molecule has 0 saturated heterocycles. The zero-order valence-corrected chi connectivity index (χ0v) is 13.3. The van der Waals surface area contributed by atoms with Crippen molar-refractivity contribution < 1.29 is 0 Å². The van der Waals surface area contributed by atoms with Crippen molar-refractivity contribution in [3.05, 3.63) is 70.8 Å². The molecule has 0 amide bonds. The molecule has 0 saturated carbocycles. The van der Waals surface area contributed by atoms with Crippen LogP contribution in [0, 0.1) is 13.8 Å². The van der Waals surface area contributed by atoms with E-state index in [1.807, 2.05) is 0 Å². The lowest BCUT2D eigenvalue weighted by molar-refractivity contribution is 0.638. The Kier molecular flexibility index (Phi) is 4.42. The molecule has 0 heterocycles. The fraction of sp³-hybridized carbons (Fsp3) is 0.333. The van der Waals surface area contributed by atoms with Crippen LogP contribution in [0.2, 0.25) is 0 Å². The topological polar surface area (TPSA) is 0 Å². The van der Waals surface area contributed by atoms with Gasteiger partial charge in [0, 0.05) is 5.16 Å². The van der Waals surface area contributed by atoms with Crippen LogP contribution in [0.1, 0.15) is 42.0 Å². The fourth-order valence-corrected chi connectivity index (χ4v) is 3.89. The SMILES string of the molecule is CCCC(P)(c1ccccc1C)c1ccccc1C. The largest absolute Gasteiger partial charge is 0.122 e. The van der Waals surface area contributed by atoms with Gasteiger partial charge in [-0.25, -0.2) is 0 Å². The minimum absolute atomic E-state index is 0.0332. The van der Waals surface area contributed by atoms with Gasteiger partial charge in [-0.05, 0) is 42.5 Å². The van der Waals surface area contributed by atoms with E-state index in [9.17, 15) is 0 Å². The number of rotatable bonds is 4. The van der Waals surface area contributed by atoms with Gasteiger partial charge in [-0.3, -0.25) is 0 Å². The smallest absolute Gasteiger partial charge is 0.0349 e.